The Morgan fingerprint density at radius 2 is 1.94 bits per heavy atom. The van der Waals surface area contributed by atoms with Crippen LogP contribution in [-0.4, -0.2) is 53.3 Å². The Balaban J connectivity index is 1.25. The lowest BCUT2D eigenvalue weighted by molar-refractivity contribution is -0.132. The molecule has 0 bridgehead atoms. The molecule has 0 saturated carbocycles. The van der Waals surface area contributed by atoms with Crippen LogP contribution in [0, 0.1) is 0 Å². The average Bonchev–Trinajstić information content (AvgIpc) is 3.28. The van der Waals surface area contributed by atoms with Gasteiger partial charge in [-0.3, -0.25) is 9.89 Å². The predicted octanol–water partition coefficient (Wildman–Crippen LogP) is 4.49. The van der Waals surface area contributed by atoms with E-state index in [-0.39, 0.29) is 5.91 Å². The molecule has 168 valence electrons. The van der Waals surface area contributed by atoms with Crippen molar-refractivity contribution >= 4 is 22.5 Å². The molecule has 6 heteroatoms. The summed E-state index contributed by atoms with van der Waals surface area (Å²) in [6.07, 6.45) is 5.43. The zero-order valence-electron chi connectivity index (χ0n) is 18.6. The molecular weight excluding hydrogens is 400 g/mol. The number of amides is 1. The number of likely N-dealkylation sites (tertiary alicyclic amines) is 1. The fourth-order valence-corrected chi connectivity index (χ4v) is 5.09. The molecule has 1 atom stereocenters. The highest BCUT2D eigenvalue weighted by molar-refractivity contribution is 5.94. The number of ether oxygens (including phenoxy) is 1. The van der Waals surface area contributed by atoms with Crippen LogP contribution in [-0.2, 0) is 16.0 Å². The third kappa shape index (κ3) is 4.65. The van der Waals surface area contributed by atoms with Crippen molar-refractivity contribution in [1.29, 1.82) is 0 Å². The molecule has 32 heavy (non-hydrogen) atoms. The molecular formula is C26H32N4O2. The highest BCUT2D eigenvalue weighted by Crippen LogP contribution is 2.29. The summed E-state index contributed by atoms with van der Waals surface area (Å²) in [7, 11) is 0. The van der Waals surface area contributed by atoms with E-state index in [4.69, 9.17) is 4.74 Å². The number of aromatic amines is 1. The van der Waals surface area contributed by atoms with Crippen LogP contribution in [0.25, 0.3) is 10.9 Å². The molecule has 0 spiro atoms. The Labute approximate surface area is 189 Å². The molecule has 2 saturated heterocycles. The highest BCUT2D eigenvalue weighted by atomic mass is 16.5. The fraction of sp³-hybridized carbons (Fsp3) is 0.462. The third-order valence-electron chi connectivity index (χ3n) is 6.87. The maximum atomic E-state index is 13.1. The number of H-pyrrole nitrogens is 1. The minimum absolute atomic E-state index is 0.239. The number of rotatable bonds is 6. The molecule has 3 heterocycles. The first-order valence-electron chi connectivity index (χ1n) is 11.9. The molecule has 0 aliphatic carbocycles. The largest absolute Gasteiger partial charge is 0.382 e. The average molecular weight is 433 g/mol. The van der Waals surface area contributed by atoms with E-state index in [2.05, 4.69) is 56.8 Å². The summed E-state index contributed by atoms with van der Waals surface area (Å²) in [4.78, 5) is 15.1. The zero-order valence-corrected chi connectivity index (χ0v) is 18.6. The van der Waals surface area contributed by atoms with E-state index >= 15 is 0 Å². The van der Waals surface area contributed by atoms with Gasteiger partial charge in [0.15, 0.2) is 0 Å². The van der Waals surface area contributed by atoms with E-state index in [1.165, 1.54) is 5.56 Å². The number of anilines is 1. The Morgan fingerprint density at radius 3 is 2.78 bits per heavy atom. The number of piperidine rings is 1. The number of carbonyl (C=O) groups excluding carboxylic acids is 1. The number of aromatic nitrogens is 2. The molecule has 5 rings (SSSR count). The smallest absolute Gasteiger partial charge is 0.222 e. The van der Waals surface area contributed by atoms with Crippen molar-refractivity contribution in [2.45, 2.75) is 50.5 Å². The summed E-state index contributed by atoms with van der Waals surface area (Å²) >= 11 is 0. The van der Waals surface area contributed by atoms with Gasteiger partial charge in [-0.1, -0.05) is 36.4 Å². The minimum atomic E-state index is 0.239. The Bertz CT molecular complexity index is 1040. The van der Waals surface area contributed by atoms with Gasteiger partial charge < -0.3 is 15.0 Å². The summed E-state index contributed by atoms with van der Waals surface area (Å²) in [6.45, 7) is 3.30. The van der Waals surface area contributed by atoms with Crippen LogP contribution in [0.5, 0.6) is 0 Å². The molecule has 0 radical (unpaired) electrons. The Morgan fingerprint density at radius 1 is 1.09 bits per heavy atom. The van der Waals surface area contributed by atoms with E-state index in [9.17, 15) is 4.79 Å². The second-order valence-electron chi connectivity index (χ2n) is 9.02. The Kier molecular flexibility index (Phi) is 6.39. The highest BCUT2D eigenvalue weighted by Gasteiger charge is 2.25. The fourth-order valence-electron chi connectivity index (χ4n) is 5.09. The molecule has 1 aromatic heterocycles. The van der Waals surface area contributed by atoms with Crippen LogP contribution in [0.1, 0.15) is 49.3 Å². The lowest BCUT2D eigenvalue weighted by Crippen LogP contribution is -2.39. The summed E-state index contributed by atoms with van der Waals surface area (Å²) in [6, 6.07) is 17.2. The molecule has 1 amide bonds. The van der Waals surface area contributed by atoms with Gasteiger partial charge in [-0.2, -0.15) is 5.10 Å². The molecule has 0 unspecified atom stereocenters. The van der Waals surface area contributed by atoms with Gasteiger partial charge >= 0.3 is 0 Å². The first-order chi connectivity index (χ1) is 15.8. The molecule has 2 aliphatic rings. The first-order valence-corrected chi connectivity index (χ1v) is 11.9. The van der Waals surface area contributed by atoms with E-state index in [0.717, 1.165) is 74.3 Å². The number of nitrogens with zero attached hydrogens (tertiary/aromatic N) is 2. The molecule has 2 aliphatic heterocycles. The second-order valence-corrected chi connectivity index (χ2v) is 9.02. The van der Waals surface area contributed by atoms with Crippen molar-refractivity contribution < 1.29 is 9.53 Å². The predicted molar refractivity (Wildman–Crippen MR) is 127 cm³/mol. The lowest BCUT2D eigenvalue weighted by Gasteiger charge is -2.33. The van der Waals surface area contributed by atoms with Crippen molar-refractivity contribution in [3.8, 4) is 0 Å². The second kappa shape index (κ2) is 9.74. The molecule has 2 N–H and O–H groups in total. The summed E-state index contributed by atoms with van der Waals surface area (Å²) in [5.41, 5.74) is 4.44. The minimum Gasteiger partial charge on any atom is -0.382 e. The topological polar surface area (TPSA) is 70.2 Å². The first kappa shape index (κ1) is 21.0. The lowest BCUT2D eigenvalue weighted by atomic mass is 9.90. The quantitative estimate of drug-likeness (QED) is 0.602. The number of nitrogens with one attached hydrogen (secondary N) is 2. The number of hydrogen-bond acceptors (Lipinski definition) is 4. The molecule has 2 aromatic carbocycles. The van der Waals surface area contributed by atoms with Gasteiger partial charge in [0.2, 0.25) is 5.91 Å². The van der Waals surface area contributed by atoms with E-state index in [1.54, 1.807) is 0 Å². The van der Waals surface area contributed by atoms with E-state index in [0.29, 0.717) is 24.8 Å². The zero-order chi connectivity index (χ0) is 21.8. The van der Waals surface area contributed by atoms with Crippen molar-refractivity contribution in [2.24, 2.45) is 0 Å². The van der Waals surface area contributed by atoms with Crippen LogP contribution in [0.4, 0.5) is 5.69 Å². The molecule has 6 nitrogen and oxygen atoms in total. The maximum Gasteiger partial charge on any atom is 0.222 e. The van der Waals surface area contributed by atoms with Crippen LogP contribution in [0.15, 0.2) is 48.5 Å². The summed E-state index contributed by atoms with van der Waals surface area (Å²) in [5.74, 6) is 0.681. The van der Waals surface area contributed by atoms with Gasteiger partial charge in [-0.25, -0.2) is 0 Å². The summed E-state index contributed by atoms with van der Waals surface area (Å²) in [5, 5.41) is 12.5. The normalized spacial score (nSPS) is 19.9. The maximum absolute atomic E-state index is 13.1. The van der Waals surface area contributed by atoms with Crippen molar-refractivity contribution in [3.05, 3.63) is 59.8 Å². The number of fused-ring (bicyclic) bond motifs is 1. The van der Waals surface area contributed by atoms with Crippen LogP contribution in [0.3, 0.4) is 0 Å². The summed E-state index contributed by atoms with van der Waals surface area (Å²) < 4.78 is 5.49. The number of hydrogen-bond donors (Lipinski definition) is 2. The van der Waals surface area contributed by atoms with E-state index < -0.39 is 0 Å². The van der Waals surface area contributed by atoms with Crippen LogP contribution >= 0.6 is 0 Å². The van der Waals surface area contributed by atoms with Gasteiger partial charge in [0.25, 0.3) is 0 Å². The van der Waals surface area contributed by atoms with Gasteiger partial charge in [-0.15, -0.1) is 0 Å². The molecule has 2 fully saturated rings. The van der Waals surface area contributed by atoms with Crippen LogP contribution in [0.2, 0.25) is 0 Å². The standard InChI is InChI=1S/C26H32N4O2/c31-25(30-15-5-8-20(18-30)19-6-2-1-3-7-19)12-11-24-26-22(9-4-10-23(26)28-29-24)27-21-13-16-32-17-14-21/h1-4,6-7,9-10,20-21,27H,5,8,11-18H2,(H,28,29)/t20-/m0/s1. The van der Waals surface area contributed by atoms with Gasteiger partial charge in [0, 0.05) is 61.5 Å². The van der Waals surface area contributed by atoms with Gasteiger partial charge in [0.05, 0.1) is 5.52 Å². The number of carbonyl (C=O) groups is 1. The SMILES string of the molecule is O=C(CCc1[nH]nc2cccc(NC3CCOCC3)c12)N1CCC[C@H](c2ccccc2)C1. The monoisotopic (exact) mass is 432 g/mol. The third-order valence-corrected chi connectivity index (χ3v) is 6.87. The molecule has 3 aromatic rings. The Hall–Kier alpha value is -2.86. The van der Waals surface area contributed by atoms with Gasteiger partial charge in [-0.05, 0) is 49.8 Å². The van der Waals surface area contributed by atoms with Gasteiger partial charge in [0.1, 0.15) is 0 Å². The van der Waals surface area contributed by atoms with Crippen molar-refractivity contribution in [1.82, 2.24) is 15.1 Å². The van der Waals surface area contributed by atoms with Crippen molar-refractivity contribution in [3.63, 3.8) is 0 Å². The van der Waals surface area contributed by atoms with Crippen LogP contribution < -0.4 is 5.32 Å². The van der Waals surface area contributed by atoms with Crippen molar-refractivity contribution in [2.75, 3.05) is 31.6 Å². The number of benzene rings is 2. The number of aryl methyl sites for hydroxylation is 1. The van der Waals surface area contributed by atoms with E-state index in [1.807, 2.05) is 12.1 Å².